The van der Waals surface area contributed by atoms with Crippen molar-refractivity contribution in [2.75, 3.05) is 5.32 Å². The molecular formula is C23H17N5O2. The molecule has 5 aromatic rings. The zero-order valence-electron chi connectivity index (χ0n) is 16.1. The number of benzene rings is 3. The summed E-state index contributed by atoms with van der Waals surface area (Å²) in [6, 6.07) is 24.7. The Bertz CT molecular complexity index is 1340. The SMILES string of the molecule is Cc1c(C(=O)Nc2ccccc2)nnn1-c1ccc2noc(-c3ccccc3)c2c1. The van der Waals surface area contributed by atoms with Crippen LogP contribution in [0.3, 0.4) is 0 Å². The molecule has 0 atom stereocenters. The van der Waals surface area contributed by atoms with E-state index in [1.54, 1.807) is 4.68 Å². The maximum Gasteiger partial charge on any atom is 0.278 e. The second-order valence-electron chi connectivity index (χ2n) is 6.83. The Balaban J connectivity index is 1.51. The molecule has 1 N–H and O–H groups in total. The lowest BCUT2D eigenvalue weighted by molar-refractivity contribution is 0.102. The minimum atomic E-state index is -0.305. The Hall–Kier alpha value is -4.26. The first-order valence-corrected chi connectivity index (χ1v) is 9.44. The third kappa shape index (κ3) is 3.12. The van der Waals surface area contributed by atoms with Crippen LogP contribution in [0.5, 0.6) is 0 Å². The van der Waals surface area contributed by atoms with E-state index in [0.717, 1.165) is 22.2 Å². The monoisotopic (exact) mass is 395 g/mol. The summed E-state index contributed by atoms with van der Waals surface area (Å²) in [6.07, 6.45) is 0. The number of hydrogen-bond donors (Lipinski definition) is 1. The lowest BCUT2D eigenvalue weighted by Gasteiger charge is -2.05. The van der Waals surface area contributed by atoms with Crippen molar-refractivity contribution in [3.8, 4) is 17.0 Å². The van der Waals surface area contributed by atoms with Crippen LogP contribution in [-0.4, -0.2) is 26.1 Å². The van der Waals surface area contributed by atoms with E-state index in [-0.39, 0.29) is 11.6 Å². The van der Waals surface area contributed by atoms with E-state index < -0.39 is 0 Å². The number of carbonyl (C=O) groups is 1. The molecule has 0 saturated carbocycles. The van der Waals surface area contributed by atoms with Gasteiger partial charge >= 0.3 is 0 Å². The average Bonchev–Trinajstić information content (AvgIpc) is 3.38. The summed E-state index contributed by atoms with van der Waals surface area (Å²) in [6.45, 7) is 1.82. The number of para-hydroxylation sites is 1. The summed E-state index contributed by atoms with van der Waals surface area (Å²) in [5.74, 6) is 0.383. The molecule has 2 aromatic heterocycles. The molecule has 0 bridgehead atoms. The summed E-state index contributed by atoms with van der Waals surface area (Å²) >= 11 is 0. The third-order valence-corrected chi connectivity index (χ3v) is 4.88. The maximum absolute atomic E-state index is 12.6. The summed E-state index contributed by atoms with van der Waals surface area (Å²) in [7, 11) is 0. The van der Waals surface area contributed by atoms with Gasteiger partial charge in [0.15, 0.2) is 11.5 Å². The van der Waals surface area contributed by atoms with Crippen LogP contribution < -0.4 is 5.32 Å². The van der Waals surface area contributed by atoms with Crippen LogP contribution in [-0.2, 0) is 0 Å². The normalized spacial score (nSPS) is 11.0. The molecule has 2 heterocycles. The van der Waals surface area contributed by atoms with Crippen molar-refractivity contribution in [3.63, 3.8) is 0 Å². The zero-order valence-corrected chi connectivity index (χ0v) is 16.1. The Morgan fingerprint density at radius 2 is 1.70 bits per heavy atom. The second-order valence-corrected chi connectivity index (χ2v) is 6.83. The third-order valence-electron chi connectivity index (χ3n) is 4.88. The Kier molecular flexibility index (Phi) is 4.33. The Morgan fingerprint density at radius 1 is 0.967 bits per heavy atom. The molecular weight excluding hydrogens is 378 g/mol. The van der Waals surface area contributed by atoms with Gasteiger partial charge in [-0.15, -0.1) is 5.10 Å². The molecule has 0 aliphatic rings. The van der Waals surface area contributed by atoms with E-state index in [1.807, 2.05) is 85.8 Å². The van der Waals surface area contributed by atoms with E-state index >= 15 is 0 Å². The van der Waals surface area contributed by atoms with Gasteiger partial charge in [0.1, 0.15) is 5.52 Å². The van der Waals surface area contributed by atoms with Crippen molar-refractivity contribution in [1.82, 2.24) is 20.2 Å². The minimum Gasteiger partial charge on any atom is -0.355 e. The van der Waals surface area contributed by atoms with Crippen LogP contribution in [0.15, 0.2) is 83.4 Å². The number of nitrogens with one attached hydrogen (secondary N) is 1. The van der Waals surface area contributed by atoms with Crippen molar-refractivity contribution < 1.29 is 9.32 Å². The fourth-order valence-corrected chi connectivity index (χ4v) is 3.35. The lowest BCUT2D eigenvalue weighted by Crippen LogP contribution is -2.14. The molecule has 0 saturated heterocycles. The van der Waals surface area contributed by atoms with E-state index in [2.05, 4.69) is 20.8 Å². The van der Waals surface area contributed by atoms with Crippen LogP contribution >= 0.6 is 0 Å². The first kappa shape index (κ1) is 17.8. The van der Waals surface area contributed by atoms with E-state index in [0.29, 0.717) is 17.1 Å². The van der Waals surface area contributed by atoms with E-state index in [4.69, 9.17) is 4.52 Å². The number of hydrogen-bond acceptors (Lipinski definition) is 5. The van der Waals surface area contributed by atoms with Crippen molar-refractivity contribution in [3.05, 3.63) is 90.3 Å². The van der Waals surface area contributed by atoms with Gasteiger partial charge in [0.25, 0.3) is 5.91 Å². The van der Waals surface area contributed by atoms with E-state index in [9.17, 15) is 4.79 Å². The van der Waals surface area contributed by atoms with Gasteiger partial charge in [-0.3, -0.25) is 4.79 Å². The van der Waals surface area contributed by atoms with Crippen LogP contribution in [0.1, 0.15) is 16.2 Å². The molecule has 146 valence electrons. The Labute approximate surface area is 171 Å². The highest BCUT2D eigenvalue weighted by Gasteiger charge is 2.19. The van der Waals surface area contributed by atoms with Crippen LogP contribution in [0.25, 0.3) is 27.9 Å². The molecule has 30 heavy (non-hydrogen) atoms. The van der Waals surface area contributed by atoms with Gasteiger partial charge < -0.3 is 9.84 Å². The summed E-state index contributed by atoms with van der Waals surface area (Å²) in [5.41, 5.74) is 4.07. The van der Waals surface area contributed by atoms with Crippen LogP contribution in [0.2, 0.25) is 0 Å². The van der Waals surface area contributed by atoms with E-state index in [1.165, 1.54) is 0 Å². The molecule has 0 unspecified atom stereocenters. The van der Waals surface area contributed by atoms with Crippen molar-refractivity contribution >= 4 is 22.5 Å². The predicted octanol–water partition coefficient (Wildman–Crippen LogP) is 4.64. The van der Waals surface area contributed by atoms with Crippen LogP contribution in [0.4, 0.5) is 5.69 Å². The van der Waals surface area contributed by atoms with Gasteiger partial charge in [-0.25, -0.2) is 4.68 Å². The number of amides is 1. The molecule has 1 amide bonds. The molecule has 0 aliphatic carbocycles. The van der Waals surface area contributed by atoms with Crippen molar-refractivity contribution in [1.29, 1.82) is 0 Å². The highest BCUT2D eigenvalue weighted by molar-refractivity contribution is 6.03. The fraction of sp³-hybridized carbons (Fsp3) is 0.0435. The molecule has 0 aliphatic heterocycles. The molecule has 7 nitrogen and oxygen atoms in total. The second kappa shape index (κ2) is 7.29. The maximum atomic E-state index is 12.6. The molecule has 7 heteroatoms. The topological polar surface area (TPSA) is 85.8 Å². The van der Waals surface area contributed by atoms with Gasteiger partial charge in [-0.1, -0.05) is 58.9 Å². The number of nitrogens with zero attached hydrogens (tertiary/aromatic N) is 4. The van der Waals surface area contributed by atoms with Gasteiger partial charge in [0.2, 0.25) is 0 Å². The summed E-state index contributed by atoms with van der Waals surface area (Å²) in [4.78, 5) is 12.6. The van der Waals surface area contributed by atoms with Gasteiger partial charge in [-0.05, 0) is 37.3 Å². The molecule has 0 radical (unpaired) electrons. The van der Waals surface area contributed by atoms with Crippen molar-refractivity contribution in [2.45, 2.75) is 6.92 Å². The zero-order chi connectivity index (χ0) is 20.5. The number of carbonyl (C=O) groups excluding carboxylic acids is 1. The standard InChI is InChI=1S/C23H17N5O2/c1-15-21(23(29)24-17-10-6-3-7-11-17)25-27-28(15)18-12-13-20-19(14-18)22(30-26-20)16-8-4-2-5-9-16/h2-14H,1H3,(H,24,29). The lowest BCUT2D eigenvalue weighted by atomic mass is 10.1. The number of anilines is 1. The highest BCUT2D eigenvalue weighted by atomic mass is 16.5. The minimum absolute atomic E-state index is 0.271. The largest absolute Gasteiger partial charge is 0.355 e. The number of rotatable bonds is 4. The molecule has 0 fully saturated rings. The molecule has 0 spiro atoms. The van der Waals surface area contributed by atoms with Gasteiger partial charge in [0, 0.05) is 11.3 Å². The quantitative estimate of drug-likeness (QED) is 0.479. The highest BCUT2D eigenvalue weighted by Crippen LogP contribution is 2.30. The Morgan fingerprint density at radius 3 is 2.47 bits per heavy atom. The first-order valence-electron chi connectivity index (χ1n) is 9.44. The molecule has 3 aromatic carbocycles. The molecule has 5 rings (SSSR count). The predicted molar refractivity (Wildman–Crippen MR) is 113 cm³/mol. The smallest absolute Gasteiger partial charge is 0.278 e. The fourth-order valence-electron chi connectivity index (χ4n) is 3.35. The van der Waals surface area contributed by atoms with Crippen LogP contribution in [0, 0.1) is 6.92 Å². The summed E-state index contributed by atoms with van der Waals surface area (Å²) < 4.78 is 7.21. The number of aromatic nitrogens is 4. The van der Waals surface area contributed by atoms with Crippen molar-refractivity contribution in [2.24, 2.45) is 0 Å². The average molecular weight is 395 g/mol. The van der Waals surface area contributed by atoms with Gasteiger partial charge in [-0.2, -0.15) is 0 Å². The summed E-state index contributed by atoms with van der Waals surface area (Å²) in [5, 5.41) is 16.1. The first-order chi connectivity index (χ1) is 14.7. The number of fused-ring (bicyclic) bond motifs is 1. The van der Waals surface area contributed by atoms with Gasteiger partial charge in [0.05, 0.1) is 16.8 Å².